The number of nitrogens with zero attached hydrogens (tertiary/aromatic N) is 1. The van der Waals surface area contributed by atoms with E-state index in [1.807, 2.05) is 32.0 Å². The Bertz CT molecular complexity index is 1330. The molecule has 0 fully saturated rings. The fraction of sp³-hybridized carbons (Fsp3) is 0.148. The zero-order chi connectivity index (χ0) is 24.4. The van der Waals surface area contributed by atoms with Crippen LogP contribution in [0.1, 0.15) is 23.6 Å². The van der Waals surface area contributed by atoms with E-state index in [-0.39, 0.29) is 11.6 Å². The summed E-state index contributed by atoms with van der Waals surface area (Å²) in [4.78, 5) is 39.6. The molecule has 3 amide bonds. The van der Waals surface area contributed by atoms with Crippen molar-refractivity contribution in [1.82, 2.24) is 0 Å². The smallest absolute Gasteiger partial charge is 0.282 e. The molecule has 3 aromatic carbocycles. The second kappa shape index (κ2) is 9.23. The van der Waals surface area contributed by atoms with Crippen LogP contribution in [0.3, 0.4) is 0 Å². The molecule has 0 aromatic heterocycles. The Morgan fingerprint density at radius 1 is 0.853 bits per heavy atom. The van der Waals surface area contributed by atoms with Crippen LogP contribution in [0.25, 0.3) is 5.57 Å². The summed E-state index contributed by atoms with van der Waals surface area (Å²) in [5, 5.41) is 5.83. The molecule has 34 heavy (non-hydrogen) atoms. The van der Waals surface area contributed by atoms with Crippen molar-refractivity contribution in [2.24, 2.45) is 0 Å². The average molecular weight is 456 g/mol. The first kappa shape index (κ1) is 22.8. The van der Waals surface area contributed by atoms with Gasteiger partial charge in [-0.05, 0) is 66.9 Å². The van der Waals surface area contributed by atoms with E-state index in [0.29, 0.717) is 33.9 Å². The molecule has 4 rings (SSSR count). The molecule has 2 N–H and O–H groups in total. The van der Waals surface area contributed by atoms with Crippen LogP contribution in [0.4, 0.5) is 17.1 Å². The van der Waals surface area contributed by atoms with Crippen LogP contribution in [-0.4, -0.2) is 24.8 Å². The number of methoxy groups -OCH3 is 1. The van der Waals surface area contributed by atoms with E-state index >= 15 is 0 Å². The van der Waals surface area contributed by atoms with Gasteiger partial charge in [-0.15, -0.1) is 0 Å². The topological polar surface area (TPSA) is 87.7 Å². The molecule has 0 radical (unpaired) electrons. The highest BCUT2D eigenvalue weighted by atomic mass is 16.5. The number of carbonyl (C=O) groups excluding carboxylic acids is 3. The van der Waals surface area contributed by atoms with Crippen LogP contribution in [0, 0.1) is 13.8 Å². The quantitative estimate of drug-likeness (QED) is 0.528. The number of hydrogen-bond acceptors (Lipinski definition) is 5. The predicted molar refractivity (Wildman–Crippen MR) is 133 cm³/mol. The van der Waals surface area contributed by atoms with Crippen LogP contribution >= 0.6 is 0 Å². The maximum absolute atomic E-state index is 13.6. The van der Waals surface area contributed by atoms with Gasteiger partial charge in [0.25, 0.3) is 11.8 Å². The minimum atomic E-state index is -0.465. The number of anilines is 3. The minimum absolute atomic E-state index is 0.187. The Hall–Kier alpha value is -4.39. The number of ether oxygens (including phenoxy) is 1. The van der Waals surface area contributed by atoms with Gasteiger partial charge in [0.1, 0.15) is 11.4 Å². The number of amides is 3. The molecule has 0 bridgehead atoms. The van der Waals surface area contributed by atoms with Gasteiger partial charge in [0.05, 0.1) is 18.4 Å². The van der Waals surface area contributed by atoms with Crippen molar-refractivity contribution in [2.45, 2.75) is 20.8 Å². The van der Waals surface area contributed by atoms with E-state index in [2.05, 4.69) is 10.6 Å². The summed E-state index contributed by atoms with van der Waals surface area (Å²) in [6, 6.07) is 19.4. The fourth-order valence-corrected chi connectivity index (χ4v) is 3.79. The fourth-order valence-electron chi connectivity index (χ4n) is 3.79. The molecule has 0 atom stereocenters. The number of aryl methyl sites for hydroxylation is 2. The number of hydrogen-bond donors (Lipinski definition) is 2. The number of benzene rings is 3. The van der Waals surface area contributed by atoms with Crippen LogP contribution in [0.5, 0.6) is 5.75 Å². The molecule has 0 aliphatic carbocycles. The van der Waals surface area contributed by atoms with Crippen molar-refractivity contribution >= 4 is 40.4 Å². The number of imide groups is 1. The van der Waals surface area contributed by atoms with Crippen LogP contribution < -0.4 is 20.3 Å². The van der Waals surface area contributed by atoms with Crippen molar-refractivity contribution in [3.8, 4) is 5.75 Å². The lowest BCUT2D eigenvalue weighted by molar-refractivity contribution is -0.120. The summed E-state index contributed by atoms with van der Waals surface area (Å²) >= 11 is 0. The van der Waals surface area contributed by atoms with Crippen molar-refractivity contribution in [3.63, 3.8) is 0 Å². The van der Waals surface area contributed by atoms with Gasteiger partial charge in [-0.2, -0.15) is 0 Å². The number of rotatable bonds is 6. The minimum Gasteiger partial charge on any atom is -0.497 e. The molecule has 1 heterocycles. The Morgan fingerprint density at radius 3 is 2.24 bits per heavy atom. The Morgan fingerprint density at radius 2 is 1.59 bits per heavy atom. The molecule has 1 aliphatic heterocycles. The highest BCUT2D eigenvalue weighted by molar-refractivity contribution is 6.46. The molecule has 0 unspecified atom stereocenters. The van der Waals surface area contributed by atoms with Gasteiger partial charge in [0.2, 0.25) is 5.91 Å². The molecular formula is C27H25N3O4. The molecule has 0 saturated carbocycles. The van der Waals surface area contributed by atoms with E-state index in [1.165, 1.54) is 6.92 Å². The molecule has 172 valence electrons. The van der Waals surface area contributed by atoms with E-state index in [1.54, 1.807) is 55.6 Å². The first-order chi connectivity index (χ1) is 16.3. The summed E-state index contributed by atoms with van der Waals surface area (Å²) < 4.78 is 5.29. The van der Waals surface area contributed by atoms with Crippen molar-refractivity contribution in [1.29, 1.82) is 0 Å². The van der Waals surface area contributed by atoms with Crippen LogP contribution in [0.15, 0.2) is 72.4 Å². The standard InChI is InChI=1S/C27H25N3O4/c1-16-8-9-19(14-17(16)2)24-25(29-21-6-5-7-23(15-21)34-4)27(33)30(26(24)32)22-12-10-20(11-13-22)28-18(3)31/h5-15,29H,1-4H3,(H,28,31). The second-order valence-electron chi connectivity index (χ2n) is 8.08. The number of carbonyl (C=O) groups is 3. The maximum atomic E-state index is 13.6. The Balaban J connectivity index is 1.78. The third kappa shape index (κ3) is 4.41. The monoisotopic (exact) mass is 455 g/mol. The third-order valence-electron chi connectivity index (χ3n) is 5.66. The summed E-state index contributed by atoms with van der Waals surface area (Å²) in [5.41, 5.74) is 4.86. The zero-order valence-corrected chi connectivity index (χ0v) is 19.4. The van der Waals surface area contributed by atoms with Gasteiger partial charge >= 0.3 is 0 Å². The lowest BCUT2D eigenvalue weighted by Crippen LogP contribution is -2.32. The van der Waals surface area contributed by atoms with E-state index < -0.39 is 11.8 Å². The lowest BCUT2D eigenvalue weighted by Gasteiger charge is -2.16. The zero-order valence-electron chi connectivity index (χ0n) is 19.4. The summed E-state index contributed by atoms with van der Waals surface area (Å²) in [5.74, 6) is -0.468. The highest BCUT2D eigenvalue weighted by Crippen LogP contribution is 2.35. The normalized spacial score (nSPS) is 13.4. The Labute approximate surface area is 198 Å². The van der Waals surface area contributed by atoms with Gasteiger partial charge in [0, 0.05) is 24.4 Å². The highest BCUT2D eigenvalue weighted by Gasteiger charge is 2.40. The van der Waals surface area contributed by atoms with Gasteiger partial charge < -0.3 is 15.4 Å². The largest absolute Gasteiger partial charge is 0.497 e. The van der Waals surface area contributed by atoms with E-state index in [0.717, 1.165) is 16.0 Å². The molecule has 0 saturated heterocycles. The first-order valence-corrected chi connectivity index (χ1v) is 10.8. The molecule has 7 nitrogen and oxygen atoms in total. The molecular weight excluding hydrogens is 430 g/mol. The van der Waals surface area contributed by atoms with Crippen LogP contribution in [0.2, 0.25) is 0 Å². The van der Waals surface area contributed by atoms with Crippen LogP contribution in [-0.2, 0) is 14.4 Å². The number of nitrogens with one attached hydrogen (secondary N) is 2. The molecule has 7 heteroatoms. The molecule has 1 aliphatic rings. The second-order valence-corrected chi connectivity index (χ2v) is 8.08. The van der Waals surface area contributed by atoms with Gasteiger partial charge in [-0.3, -0.25) is 14.4 Å². The summed E-state index contributed by atoms with van der Waals surface area (Å²) in [6.45, 7) is 5.37. The third-order valence-corrected chi connectivity index (χ3v) is 5.66. The van der Waals surface area contributed by atoms with E-state index in [9.17, 15) is 14.4 Å². The van der Waals surface area contributed by atoms with Gasteiger partial charge in [-0.1, -0.05) is 24.3 Å². The van der Waals surface area contributed by atoms with Crippen molar-refractivity contribution in [3.05, 3.63) is 89.1 Å². The summed E-state index contributed by atoms with van der Waals surface area (Å²) in [6.07, 6.45) is 0. The molecule has 3 aromatic rings. The van der Waals surface area contributed by atoms with Gasteiger partial charge in [-0.25, -0.2) is 4.90 Å². The maximum Gasteiger partial charge on any atom is 0.282 e. The van der Waals surface area contributed by atoms with Crippen molar-refractivity contribution in [2.75, 3.05) is 22.6 Å². The Kier molecular flexibility index (Phi) is 6.19. The molecule has 0 spiro atoms. The predicted octanol–water partition coefficient (Wildman–Crippen LogP) is 4.67. The summed E-state index contributed by atoms with van der Waals surface area (Å²) in [7, 11) is 1.56. The van der Waals surface area contributed by atoms with Crippen molar-refractivity contribution < 1.29 is 19.1 Å². The lowest BCUT2D eigenvalue weighted by atomic mass is 9.99. The van der Waals surface area contributed by atoms with E-state index in [4.69, 9.17) is 4.74 Å². The SMILES string of the molecule is COc1cccc(NC2=C(c3ccc(C)c(C)c3)C(=O)N(c3ccc(NC(C)=O)cc3)C2=O)c1. The van der Waals surface area contributed by atoms with Gasteiger partial charge in [0.15, 0.2) is 0 Å². The average Bonchev–Trinajstić information content (AvgIpc) is 3.05. The first-order valence-electron chi connectivity index (χ1n) is 10.8.